The average Bonchev–Trinajstić information content (AvgIpc) is 2.62. The van der Waals surface area contributed by atoms with Gasteiger partial charge in [0, 0.05) is 43.1 Å². The topological polar surface area (TPSA) is 52.7 Å². The van der Waals surface area contributed by atoms with Crippen LogP contribution in [0.5, 0.6) is 0 Å². The van der Waals surface area contributed by atoms with Gasteiger partial charge in [0.2, 0.25) is 0 Å². The molecule has 1 heterocycles. The van der Waals surface area contributed by atoms with Gasteiger partial charge in [0.05, 0.1) is 0 Å². The van der Waals surface area contributed by atoms with Crippen molar-refractivity contribution in [3.8, 4) is 0 Å². The van der Waals surface area contributed by atoms with Crippen molar-refractivity contribution in [2.45, 2.75) is 6.92 Å². The smallest absolute Gasteiger partial charge is 0.321 e. The van der Waals surface area contributed by atoms with E-state index in [1.54, 1.807) is 35.2 Å². The van der Waals surface area contributed by atoms with E-state index in [4.69, 9.17) is 0 Å². The zero-order valence-corrected chi connectivity index (χ0v) is 14.0. The molecule has 0 bridgehead atoms. The number of amides is 2. The quantitative estimate of drug-likeness (QED) is 0.871. The molecule has 25 heavy (non-hydrogen) atoms. The van der Waals surface area contributed by atoms with Crippen molar-refractivity contribution < 1.29 is 14.0 Å². The zero-order chi connectivity index (χ0) is 17.8. The van der Waals surface area contributed by atoms with Crippen molar-refractivity contribution in [1.29, 1.82) is 0 Å². The minimum absolute atomic E-state index is 0.0418. The minimum atomic E-state index is -0.261. The van der Waals surface area contributed by atoms with E-state index in [0.717, 1.165) is 5.69 Å². The largest absolute Gasteiger partial charge is 0.368 e. The molecule has 2 aromatic rings. The molecule has 1 N–H and O–H groups in total. The van der Waals surface area contributed by atoms with Crippen LogP contribution < -0.4 is 10.2 Å². The highest BCUT2D eigenvalue weighted by atomic mass is 19.1. The van der Waals surface area contributed by atoms with Crippen molar-refractivity contribution >= 4 is 23.2 Å². The molecule has 3 rings (SSSR count). The lowest BCUT2D eigenvalue weighted by atomic mass is 10.1. The summed E-state index contributed by atoms with van der Waals surface area (Å²) in [7, 11) is 0. The maximum absolute atomic E-state index is 13.3. The molecule has 0 saturated carbocycles. The van der Waals surface area contributed by atoms with Crippen LogP contribution in [-0.2, 0) is 0 Å². The molecule has 130 valence electrons. The predicted molar refractivity (Wildman–Crippen MR) is 95.7 cm³/mol. The maximum atomic E-state index is 13.3. The molecule has 0 aliphatic carbocycles. The average molecular weight is 341 g/mol. The van der Waals surface area contributed by atoms with Crippen molar-refractivity contribution in [1.82, 2.24) is 4.90 Å². The van der Waals surface area contributed by atoms with Gasteiger partial charge in [-0.15, -0.1) is 0 Å². The molecule has 5 nitrogen and oxygen atoms in total. The van der Waals surface area contributed by atoms with Gasteiger partial charge in [-0.05, 0) is 37.3 Å². The molecule has 6 heteroatoms. The Morgan fingerprint density at radius 2 is 1.72 bits per heavy atom. The van der Waals surface area contributed by atoms with Gasteiger partial charge in [0.1, 0.15) is 5.82 Å². The SMILES string of the molecule is CC(=O)c1cccc(NC(=O)N2CCN(c3cccc(F)c3)CC2)c1. The molecule has 0 unspecified atom stereocenters. The summed E-state index contributed by atoms with van der Waals surface area (Å²) in [5, 5.41) is 2.83. The molecule has 2 aromatic carbocycles. The number of carbonyl (C=O) groups is 2. The Labute approximate surface area is 146 Å². The number of Topliss-reactive ketones (excluding diaryl/α,β-unsaturated/α-hetero) is 1. The van der Waals surface area contributed by atoms with Crippen LogP contribution in [0.2, 0.25) is 0 Å². The number of nitrogens with one attached hydrogen (secondary N) is 1. The van der Waals surface area contributed by atoms with E-state index in [1.165, 1.54) is 19.1 Å². The highest BCUT2D eigenvalue weighted by Gasteiger charge is 2.21. The number of hydrogen-bond donors (Lipinski definition) is 1. The van der Waals surface area contributed by atoms with Crippen LogP contribution in [0.4, 0.5) is 20.6 Å². The van der Waals surface area contributed by atoms with Crippen LogP contribution in [0.1, 0.15) is 17.3 Å². The van der Waals surface area contributed by atoms with E-state index < -0.39 is 0 Å². The highest BCUT2D eigenvalue weighted by Crippen LogP contribution is 2.18. The van der Waals surface area contributed by atoms with Crippen LogP contribution in [0.3, 0.4) is 0 Å². The number of carbonyl (C=O) groups excluding carboxylic acids is 2. The fourth-order valence-electron chi connectivity index (χ4n) is 2.86. The van der Waals surface area contributed by atoms with Crippen molar-refractivity contribution in [2.75, 3.05) is 36.4 Å². The molecule has 0 atom stereocenters. The Hall–Kier alpha value is -2.89. The number of piperazine rings is 1. The van der Waals surface area contributed by atoms with Gasteiger partial charge in [-0.3, -0.25) is 4.79 Å². The molecule has 1 fully saturated rings. The third kappa shape index (κ3) is 4.15. The number of halogens is 1. The third-order valence-electron chi connectivity index (χ3n) is 4.26. The molecule has 0 spiro atoms. The van der Waals surface area contributed by atoms with Crippen LogP contribution in [0.15, 0.2) is 48.5 Å². The fourth-order valence-corrected chi connectivity index (χ4v) is 2.86. The first-order valence-electron chi connectivity index (χ1n) is 8.20. The molecular formula is C19H20FN3O2. The number of rotatable bonds is 3. The molecule has 2 amide bonds. The van der Waals surface area contributed by atoms with E-state index in [2.05, 4.69) is 10.2 Å². The van der Waals surface area contributed by atoms with E-state index in [9.17, 15) is 14.0 Å². The number of nitrogens with zero attached hydrogens (tertiary/aromatic N) is 2. The summed E-state index contributed by atoms with van der Waals surface area (Å²) in [6, 6.07) is 13.2. The Kier molecular flexibility index (Phi) is 4.97. The monoisotopic (exact) mass is 341 g/mol. The normalized spacial score (nSPS) is 14.3. The Bertz CT molecular complexity index is 786. The second kappa shape index (κ2) is 7.34. The lowest BCUT2D eigenvalue weighted by Gasteiger charge is -2.36. The highest BCUT2D eigenvalue weighted by molar-refractivity contribution is 5.96. The summed E-state index contributed by atoms with van der Waals surface area (Å²) in [6.07, 6.45) is 0. The van der Waals surface area contributed by atoms with E-state index in [1.807, 2.05) is 6.07 Å². The Morgan fingerprint density at radius 3 is 2.40 bits per heavy atom. The molecule has 1 aliphatic rings. The Balaban J connectivity index is 1.58. The molecule has 0 radical (unpaired) electrons. The van der Waals surface area contributed by atoms with Gasteiger partial charge in [-0.2, -0.15) is 0 Å². The first kappa shape index (κ1) is 17.0. The lowest BCUT2D eigenvalue weighted by Crippen LogP contribution is -2.50. The van der Waals surface area contributed by atoms with E-state index in [-0.39, 0.29) is 17.6 Å². The number of hydrogen-bond acceptors (Lipinski definition) is 3. The van der Waals surface area contributed by atoms with Gasteiger partial charge < -0.3 is 15.1 Å². The predicted octanol–water partition coefficient (Wildman–Crippen LogP) is 3.38. The third-order valence-corrected chi connectivity index (χ3v) is 4.26. The summed E-state index contributed by atoms with van der Waals surface area (Å²) < 4.78 is 13.3. The molecule has 1 saturated heterocycles. The van der Waals surface area contributed by atoms with Gasteiger partial charge in [0.15, 0.2) is 5.78 Å². The summed E-state index contributed by atoms with van der Waals surface area (Å²) in [5.41, 5.74) is 1.99. The second-order valence-electron chi connectivity index (χ2n) is 6.02. The van der Waals surface area contributed by atoms with Crippen LogP contribution in [-0.4, -0.2) is 42.9 Å². The molecular weight excluding hydrogens is 321 g/mol. The molecule has 0 aromatic heterocycles. The number of benzene rings is 2. The van der Waals surface area contributed by atoms with Crippen molar-refractivity contribution in [3.63, 3.8) is 0 Å². The number of ketones is 1. The summed E-state index contributed by atoms with van der Waals surface area (Å²) >= 11 is 0. The van der Waals surface area contributed by atoms with Crippen LogP contribution in [0.25, 0.3) is 0 Å². The van der Waals surface area contributed by atoms with Crippen molar-refractivity contribution in [3.05, 3.63) is 59.9 Å². The minimum Gasteiger partial charge on any atom is -0.368 e. The second-order valence-corrected chi connectivity index (χ2v) is 6.02. The maximum Gasteiger partial charge on any atom is 0.321 e. The number of urea groups is 1. The van der Waals surface area contributed by atoms with Gasteiger partial charge in [-0.25, -0.2) is 9.18 Å². The van der Waals surface area contributed by atoms with Gasteiger partial charge in [-0.1, -0.05) is 18.2 Å². The van der Waals surface area contributed by atoms with Gasteiger partial charge >= 0.3 is 6.03 Å². The standard InChI is InChI=1S/C19H20FN3O2/c1-14(24)15-4-2-6-17(12-15)21-19(25)23-10-8-22(9-11-23)18-7-3-5-16(20)13-18/h2-7,12-13H,8-11H2,1H3,(H,21,25). The van der Waals surface area contributed by atoms with E-state index >= 15 is 0 Å². The first-order chi connectivity index (χ1) is 12.0. The zero-order valence-electron chi connectivity index (χ0n) is 14.0. The van der Waals surface area contributed by atoms with Crippen molar-refractivity contribution in [2.24, 2.45) is 0 Å². The summed E-state index contributed by atoms with van der Waals surface area (Å²) in [5.74, 6) is -0.303. The summed E-state index contributed by atoms with van der Waals surface area (Å²) in [6.45, 7) is 3.88. The van der Waals surface area contributed by atoms with E-state index in [0.29, 0.717) is 37.4 Å². The number of anilines is 2. The lowest BCUT2D eigenvalue weighted by molar-refractivity contribution is 0.101. The van der Waals surface area contributed by atoms with Crippen LogP contribution >= 0.6 is 0 Å². The summed E-state index contributed by atoms with van der Waals surface area (Å²) in [4.78, 5) is 27.6. The first-order valence-corrected chi connectivity index (χ1v) is 8.20. The van der Waals surface area contributed by atoms with Crippen LogP contribution in [0, 0.1) is 5.82 Å². The van der Waals surface area contributed by atoms with Gasteiger partial charge in [0.25, 0.3) is 0 Å². The Morgan fingerprint density at radius 1 is 1.00 bits per heavy atom. The fraction of sp³-hybridized carbons (Fsp3) is 0.263. The molecule has 1 aliphatic heterocycles.